The number of carbonyl (C=O) groups excluding carboxylic acids is 1. The molecule has 2 rings (SSSR count). The van der Waals surface area contributed by atoms with Crippen molar-refractivity contribution < 1.29 is 19.6 Å². The van der Waals surface area contributed by atoms with Gasteiger partial charge in [0.2, 0.25) is 0 Å². The number of aliphatic carboxylic acids is 1. The van der Waals surface area contributed by atoms with Gasteiger partial charge in [0.05, 0.1) is 10.5 Å². The summed E-state index contributed by atoms with van der Waals surface area (Å²) in [6, 6.07) is 2.98. The number of carbonyl (C=O) groups is 2. The first-order valence-electron chi connectivity index (χ1n) is 5.89. The van der Waals surface area contributed by atoms with Gasteiger partial charge >= 0.3 is 5.97 Å². The Morgan fingerprint density at radius 1 is 1.45 bits per heavy atom. The molecule has 1 fully saturated rings. The van der Waals surface area contributed by atoms with Crippen molar-refractivity contribution in [1.29, 1.82) is 0 Å². The van der Waals surface area contributed by atoms with E-state index in [4.69, 9.17) is 5.11 Å². The van der Waals surface area contributed by atoms with Crippen molar-refractivity contribution in [3.8, 4) is 0 Å². The first kappa shape index (κ1) is 14.4. The number of rotatable bonds is 3. The third-order valence-corrected chi connectivity index (χ3v) is 3.88. The van der Waals surface area contributed by atoms with Gasteiger partial charge in [0.1, 0.15) is 6.04 Å². The first-order valence-corrected chi connectivity index (χ1v) is 6.69. The van der Waals surface area contributed by atoms with Gasteiger partial charge in [-0.05, 0) is 34.8 Å². The van der Waals surface area contributed by atoms with Gasteiger partial charge in [-0.25, -0.2) is 4.79 Å². The summed E-state index contributed by atoms with van der Waals surface area (Å²) in [6.07, 6.45) is 1.00. The van der Waals surface area contributed by atoms with Gasteiger partial charge in [0.15, 0.2) is 0 Å². The third kappa shape index (κ3) is 2.64. The summed E-state index contributed by atoms with van der Waals surface area (Å²) in [6.45, 7) is 0.338. The summed E-state index contributed by atoms with van der Waals surface area (Å²) in [5.41, 5.74) is -0.102. The fourth-order valence-electron chi connectivity index (χ4n) is 2.21. The van der Waals surface area contributed by atoms with Gasteiger partial charge in [-0.2, -0.15) is 0 Å². The molecule has 0 aliphatic carbocycles. The van der Waals surface area contributed by atoms with E-state index >= 15 is 0 Å². The highest BCUT2D eigenvalue weighted by atomic mass is 79.9. The molecule has 1 atom stereocenters. The molecular weight excluding hydrogens is 332 g/mol. The Bertz CT molecular complexity index is 589. The molecule has 1 amide bonds. The Balaban J connectivity index is 2.35. The molecule has 7 nitrogen and oxygen atoms in total. The van der Waals surface area contributed by atoms with Crippen LogP contribution in [0.15, 0.2) is 22.7 Å². The van der Waals surface area contributed by atoms with E-state index in [0.29, 0.717) is 23.9 Å². The Hall–Kier alpha value is -1.96. The maximum atomic E-state index is 12.4. The highest BCUT2D eigenvalue weighted by molar-refractivity contribution is 9.10. The van der Waals surface area contributed by atoms with Crippen molar-refractivity contribution in [2.45, 2.75) is 18.9 Å². The molecule has 1 aromatic carbocycles. The Labute approximate surface area is 122 Å². The van der Waals surface area contributed by atoms with Crippen molar-refractivity contribution >= 4 is 33.5 Å². The monoisotopic (exact) mass is 342 g/mol. The zero-order valence-electron chi connectivity index (χ0n) is 10.3. The Kier molecular flexibility index (Phi) is 4.03. The SMILES string of the molecule is O=C(O)[C@@H]1CCCN1C(=O)c1cc([N+](=O)[O-])ccc1Br. The Morgan fingerprint density at radius 3 is 2.75 bits per heavy atom. The number of nitrogens with zero attached hydrogens (tertiary/aromatic N) is 2. The number of nitro benzene ring substituents is 1. The topological polar surface area (TPSA) is 101 Å². The molecule has 1 heterocycles. The predicted molar refractivity (Wildman–Crippen MR) is 72.5 cm³/mol. The molecule has 1 aromatic rings. The normalized spacial score (nSPS) is 18.1. The van der Waals surface area contributed by atoms with Gasteiger partial charge in [-0.15, -0.1) is 0 Å². The number of likely N-dealkylation sites (tertiary alicyclic amines) is 1. The molecule has 0 unspecified atom stereocenters. The van der Waals surface area contributed by atoms with E-state index in [0.717, 1.165) is 6.07 Å². The van der Waals surface area contributed by atoms with E-state index in [1.165, 1.54) is 17.0 Å². The predicted octanol–water partition coefficient (Wildman–Crippen LogP) is 2.05. The lowest BCUT2D eigenvalue weighted by Gasteiger charge is -2.21. The zero-order chi connectivity index (χ0) is 14.9. The van der Waals surface area contributed by atoms with Crippen LogP contribution in [0.4, 0.5) is 5.69 Å². The number of nitro groups is 1. The van der Waals surface area contributed by atoms with Crippen LogP contribution >= 0.6 is 15.9 Å². The van der Waals surface area contributed by atoms with Crippen molar-refractivity contribution in [1.82, 2.24) is 4.90 Å². The number of hydrogen-bond donors (Lipinski definition) is 1. The smallest absolute Gasteiger partial charge is 0.326 e. The standard InChI is InChI=1S/C12H11BrN2O5/c13-9-4-3-7(15(19)20)6-8(9)11(16)14-5-1-2-10(14)12(17)18/h3-4,6,10H,1-2,5H2,(H,17,18)/t10-/m0/s1. The fraction of sp³-hybridized carbons (Fsp3) is 0.333. The second kappa shape index (κ2) is 5.58. The fourth-order valence-corrected chi connectivity index (χ4v) is 2.63. The highest BCUT2D eigenvalue weighted by Crippen LogP contribution is 2.27. The van der Waals surface area contributed by atoms with Crippen molar-refractivity contribution in [3.05, 3.63) is 38.3 Å². The van der Waals surface area contributed by atoms with Crippen molar-refractivity contribution in [2.75, 3.05) is 6.54 Å². The zero-order valence-corrected chi connectivity index (χ0v) is 11.9. The molecule has 20 heavy (non-hydrogen) atoms. The van der Waals surface area contributed by atoms with Crippen LogP contribution < -0.4 is 0 Å². The number of carboxylic acid groups (broad SMARTS) is 1. The van der Waals surface area contributed by atoms with E-state index in [9.17, 15) is 19.7 Å². The lowest BCUT2D eigenvalue weighted by Crippen LogP contribution is -2.40. The summed E-state index contributed by atoms with van der Waals surface area (Å²) in [7, 11) is 0. The molecule has 1 saturated heterocycles. The largest absolute Gasteiger partial charge is 0.480 e. The summed E-state index contributed by atoms with van der Waals surface area (Å²) in [5, 5.41) is 19.8. The van der Waals surface area contributed by atoms with E-state index in [1.54, 1.807) is 0 Å². The van der Waals surface area contributed by atoms with Gasteiger partial charge in [-0.3, -0.25) is 14.9 Å². The molecule has 0 spiro atoms. The quantitative estimate of drug-likeness (QED) is 0.669. The molecule has 106 valence electrons. The molecule has 1 N–H and O–H groups in total. The van der Waals surface area contributed by atoms with Crippen LogP contribution in [-0.4, -0.2) is 39.4 Å². The summed E-state index contributed by atoms with van der Waals surface area (Å²) in [4.78, 5) is 34.9. The third-order valence-electron chi connectivity index (χ3n) is 3.19. The van der Waals surface area contributed by atoms with Crippen LogP contribution in [-0.2, 0) is 4.79 Å². The van der Waals surface area contributed by atoms with Crippen LogP contribution in [0.25, 0.3) is 0 Å². The number of hydrogen-bond acceptors (Lipinski definition) is 4. The van der Waals surface area contributed by atoms with E-state index < -0.39 is 22.8 Å². The molecule has 8 heteroatoms. The lowest BCUT2D eigenvalue weighted by molar-refractivity contribution is -0.384. The molecule has 0 bridgehead atoms. The summed E-state index contributed by atoms with van der Waals surface area (Å²) >= 11 is 3.17. The van der Waals surface area contributed by atoms with Crippen molar-refractivity contribution in [2.24, 2.45) is 0 Å². The van der Waals surface area contributed by atoms with E-state index in [-0.39, 0.29) is 11.3 Å². The van der Waals surface area contributed by atoms with Gasteiger partial charge in [-0.1, -0.05) is 0 Å². The summed E-state index contributed by atoms with van der Waals surface area (Å²) < 4.78 is 0.407. The highest BCUT2D eigenvalue weighted by Gasteiger charge is 2.35. The second-order valence-corrected chi connectivity index (χ2v) is 5.27. The molecular formula is C12H11BrN2O5. The van der Waals surface area contributed by atoms with Gasteiger partial charge in [0.25, 0.3) is 11.6 Å². The lowest BCUT2D eigenvalue weighted by atomic mass is 10.1. The second-order valence-electron chi connectivity index (χ2n) is 4.42. The van der Waals surface area contributed by atoms with Gasteiger partial charge < -0.3 is 10.0 Å². The van der Waals surface area contributed by atoms with Gasteiger partial charge in [0, 0.05) is 23.2 Å². The Morgan fingerprint density at radius 2 is 2.15 bits per heavy atom. The maximum Gasteiger partial charge on any atom is 0.326 e. The number of halogens is 1. The van der Waals surface area contributed by atoms with Crippen LogP contribution in [0.1, 0.15) is 23.2 Å². The molecule has 0 radical (unpaired) electrons. The van der Waals surface area contributed by atoms with E-state index in [2.05, 4.69) is 15.9 Å². The number of benzene rings is 1. The maximum absolute atomic E-state index is 12.4. The van der Waals surface area contributed by atoms with E-state index in [1.807, 2.05) is 0 Å². The number of carboxylic acids is 1. The molecule has 0 aromatic heterocycles. The van der Waals surface area contributed by atoms with Crippen LogP contribution in [0, 0.1) is 10.1 Å². The average Bonchev–Trinajstić information content (AvgIpc) is 2.87. The number of amides is 1. The van der Waals surface area contributed by atoms with Crippen LogP contribution in [0.2, 0.25) is 0 Å². The first-order chi connectivity index (χ1) is 9.41. The molecule has 1 aliphatic heterocycles. The van der Waals surface area contributed by atoms with Crippen molar-refractivity contribution in [3.63, 3.8) is 0 Å². The van der Waals surface area contributed by atoms with Crippen LogP contribution in [0.3, 0.4) is 0 Å². The average molecular weight is 343 g/mol. The molecule has 1 aliphatic rings. The summed E-state index contributed by atoms with van der Waals surface area (Å²) in [5.74, 6) is -1.57. The minimum absolute atomic E-state index is 0.104. The van der Waals surface area contributed by atoms with Crippen LogP contribution in [0.5, 0.6) is 0 Å². The minimum Gasteiger partial charge on any atom is -0.480 e. The molecule has 0 saturated carbocycles. The minimum atomic E-state index is -1.06. The number of non-ortho nitro benzene ring substituents is 1.